The van der Waals surface area contributed by atoms with Gasteiger partial charge in [-0.15, -0.1) is 5.10 Å². The highest BCUT2D eigenvalue weighted by Gasteiger charge is 2.22. The topological polar surface area (TPSA) is 110 Å². The van der Waals surface area contributed by atoms with Gasteiger partial charge in [0.2, 0.25) is 0 Å². The Morgan fingerprint density at radius 1 is 1.20 bits per heavy atom. The SMILES string of the molecule is CCOC(=O)C(/C(N)=N/N=C/c1ccc(N(C)C)cc1)=C(/O)OCC. The van der Waals surface area contributed by atoms with E-state index in [0.29, 0.717) is 0 Å². The van der Waals surface area contributed by atoms with Crippen molar-refractivity contribution < 1.29 is 19.4 Å². The lowest BCUT2D eigenvalue weighted by atomic mass is 10.2. The maximum atomic E-state index is 11.9. The smallest absolute Gasteiger partial charge is 0.349 e. The Bertz CT molecular complexity index is 664. The fraction of sp³-hybridized carbons (Fsp3) is 0.353. The van der Waals surface area contributed by atoms with Crippen LogP contribution in [0.4, 0.5) is 5.69 Å². The summed E-state index contributed by atoms with van der Waals surface area (Å²) in [5, 5.41) is 17.4. The Kier molecular flexibility index (Phi) is 7.98. The molecule has 136 valence electrons. The monoisotopic (exact) mass is 348 g/mol. The molecule has 0 amide bonds. The third-order valence-corrected chi connectivity index (χ3v) is 3.01. The molecule has 0 fully saturated rings. The molecule has 0 saturated heterocycles. The van der Waals surface area contributed by atoms with Crippen LogP contribution in [-0.2, 0) is 14.3 Å². The van der Waals surface area contributed by atoms with Gasteiger partial charge >= 0.3 is 5.97 Å². The van der Waals surface area contributed by atoms with Crippen LogP contribution in [0.15, 0.2) is 46.0 Å². The summed E-state index contributed by atoms with van der Waals surface area (Å²) in [5.74, 6) is -1.78. The van der Waals surface area contributed by atoms with E-state index in [1.807, 2.05) is 43.3 Å². The van der Waals surface area contributed by atoms with Gasteiger partial charge in [-0.05, 0) is 31.5 Å². The summed E-state index contributed by atoms with van der Waals surface area (Å²) in [6, 6.07) is 7.59. The summed E-state index contributed by atoms with van der Waals surface area (Å²) >= 11 is 0. The molecule has 0 radical (unpaired) electrons. The quantitative estimate of drug-likeness (QED) is 0.185. The van der Waals surface area contributed by atoms with E-state index in [2.05, 4.69) is 10.2 Å². The highest BCUT2D eigenvalue weighted by Crippen LogP contribution is 2.11. The molecular formula is C17H24N4O4. The number of carbonyl (C=O) groups excluding carboxylic acids is 1. The van der Waals surface area contributed by atoms with Crippen molar-refractivity contribution in [1.29, 1.82) is 0 Å². The molecule has 0 aromatic heterocycles. The number of aliphatic hydroxyl groups is 1. The molecule has 0 unspecified atom stereocenters. The van der Waals surface area contributed by atoms with Gasteiger partial charge in [0.1, 0.15) is 0 Å². The van der Waals surface area contributed by atoms with Crippen LogP contribution < -0.4 is 10.6 Å². The zero-order valence-electron chi connectivity index (χ0n) is 14.9. The number of anilines is 1. The molecule has 1 aromatic carbocycles. The average molecular weight is 348 g/mol. The van der Waals surface area contributed by atoms with Crippen molar-refractivity contribution >= 4 is 23.7 Å². The zero-order chi connectivity index (χ0) is 18.8. The molecule has 0 bridgehead atoms. The maximum absolute atomic E-state index is 11.9. The van der Waals surface area contributed by atoms with Crippen LogP contribution in [0.5, 0.6) is 0 Å². The summed E-state index contributed by atoms with van der Waals surface area (Å²) in [5.41, 5.74) is 7.24. The fourth-order valence-corrected chi connectivity index (χ4v) is 1.78. The van der Waals surface area contributed by atoms with E-state index < -0.39 is 11.9 Å². The van der Waals surface area contributed by atoms with Gasteiger partial charge in [0.05, 0.1) is 19.4 Å². The molecule has 3 N–H and O–H groups in total. The first-order valence-corrected chi connectivity index (χ1v) is 7.78. The summed E-state index contributed by atoms with van der Waals surface area (Å²) in [7, 11) is 3.89. The normalized spacial score (nSPS) is 12.7. The lowest BCUT2D eigenvalue weighted by Crippen LogP contribution is -2.25. The number of nitrogens with two attached hydrogens (primary N) is 1. The third kappa shape index (κ3) is 6.17. The van der Waals surface area contributed by atoms with Gasteiger partial charge in [-0.2, -0.15) is 5.10 Å². The molecular weight excluding hydrogens is 324 g/mol. The molecule has 8 nitrogen and oxygen atoms in total. The number of ether oxygens (including phenoxy) is 2. The van der Waals surface area contributed by atoms with E-state index in [0.717, 1.165) is 11.3 Å². The second kappa shape index (κ2) is 9.96. The van der Waals surface area contributed by atoms with Gasteiger partial charge in [0.15, 0.2) is 11.4 Å². The molecule has 0 atom stereocenters. The minimum atomic E-state index is -0.833. The van der Waals surface area contributed by atoms with Crippen LogP contribution in [0.1, 0.15) is 19.4 Å². The van der Waals surface area contributed by atoms with E-state index in [4.69, 9.17) is 15.2 Å². The number of esters is 1. The number of carbonyl (C=O) groups is 1. The first-order chi connectivity index (χ1) is 11.9. The standard InChI is InChI=1S/C17H24N4O4/c1-5-24-16(22)14(17(23)25-6-2)15(18)20-19-11-12-7-9-13(10-8-12)21(3)4/h7-11,22H,5-6H2,1-4H3,(H2,18,20)/b16-14-,19-11+. The largest absolute Gasteiger partial charge is 0.480 e. The molecule has 0 aliphatic heterocycles. The highest BCUT2D eigenvalue weighted by molar-refractivity contribution is 6.18. The van der Waals surface area contributed by atoms with Crippen LogP contribution in [0.25, 0.3) is 0 Å². The van der Waals surface area contributed by atoms with Gasteiger partial charge < -0.3 is 25.2 Å². The van der Waals surface area contributed by atoms with Gasteiger partial charge in [-0.3, -0.25) is 0 Å². The van der Waals surface area contributed by atoms with Gasteiger partial charge in [0.25, 0.3) is 5.95 Å². The summed E-state index contributed by atoms with van der Waals surface area (Å²) in [6.07, 6.45) is 1.48. The molecule has 0 heterocycles. The Balaban J connectivity index is 2.98. The minimum Gasteiger partial charge on any atom is -0.480 e. The summed E-state index contributed by atoms with van der Waals surface area (Å²) in [4.78, 5) is 13.9. The van der Waals surface area contributed by atoms with E-state index in [9.17, 15) is 9.90 Å². The third-order valence-electron chi connectivity index (χ3n) is 3.01. The second-order valence-corrected chi connectivity index (χ2v) is 5.05. The van der Waals surface area contributed by atoms with Crippen molar-refractivity contribution in [2.24, 2.45) is 15.9 Å². The first-order valence-electron chi connectivity index (χ1n) is 7.78. The fourth-order valence-electron chi connectivity index (χ4n) is 1.78. The molecule has 8 heteroatoms. The maximum Gasteiger partial charge on any atom is 0.349 e. The van der Waals surface area contributed by atoms with E-state index in [1.54, 1.807) is 13.8 Å². The van der Waals surface area contributed by atoms with Crippen molar-refractivity contribution in [3.8, 4) is 0 Å². The number of amidine groups is 1. The first kappa shape index (κ1) is 20.0. The molecule has 1 aromatic rings. The number of hydrogen-bond donors (Lipinski definition) is 2. The Hall–Kier alpha value is -3.03. The minimum absolute atomic E-state index is 0.122. The predicted molar refractivity (Wildman–Crippen MR) is 97.9 cm³/mol. The number of hydrogen-bond acceptors (Lipinski definition) is 7. The Labute approximate surface area is 147 Å². The molecule has 0 aliphatic rings. The zero-order valence-corrected chi connectivity index (χ0v) is 14.9. The average Bonchev–Trinajstić information content (AvgIpc) is 2.56. The number of aliphatic hydroxyl groups excluding tert-OH is 1. The lowest BCUT2D eigenvalue weighted by Gasteiger charge is -2.11. The molecule has 0 saturated carbocycles. The second-order valence-electron chi connectivity index (χ2n) is 5.05. The number of nitrogens with zero attached hydrogens (tertiary/aromatic N) is 3. The van der Waals surface area contributed by atoms with Crippen molar-refractivity contribution in [2.75, 3.05) is 32.2 Å². The predicted octanol–water partition coefficient (Wildman–Crippen LogP) is 1.81. The number of benzene rings is 1. The number of rotatable bonds is 8. The summed E-state index contributed by atoms with van der Waals surface area (Å²) < 4.78 is 9.75. The van der Waals surface area contributed by atoms with Gasteiger partial charge in [-0.1, -0.05) is 12.1 Å². The van der Waals surface area contributed by atoms with Crippen LogP contribution >= 0.6 is 0 Å². The highest BCUT2D eigenvalue weighted by atomic mass is 16.6. The van der Waals surface area contributed by atoms with Crippen LogP contribution in [0.2, 0.25) is 0 Å². The van der Waals surface area contributed by atoms with Crippen LogP contribution in [0, 0.1) is 0 Å². The van der Waals surface area contributed by atoms with Crippen LogP contribution in [0.3, 0.4) is 0 Å². The van der Waals surface area contributed by atoms with Gasteiger partial charge in [-0.25, -0.2) is 4.79 Å². The molecule has 0 spiro atoms. The molecule has 0 aliphatic carbocycles. The van der Waals surface area contributed by atoms with Crippen molar-refractivity contribution in [3.05, 3.63) is 41.3 Å². The van der Waals surface area contributed by atoms with Gasteiger partial charge in [0, 0.05) is 19.8 Å². The van der Waals surface area contributed by atoms with Crippen LogP contribution in [-0.4, -0.2) is 50.4 Å². The van der Waals surface area contributed by atoms with Crippen molar-refractivity contribution in [3.63, 3.8) is 0 Å². The Morgan fingerprint density at radius 3 is 2.32 bits per heavy atom. The van der Waals surface area contributed by atoms with E-state index >= 15 is 0 Å². The van der Waals surface area contributed by atoms with E-state index in [1.165, 1.54) is 6.21 Å². The van der Waals surface area contributed by atoms with Crippen molar-refractivity contribution in [1.82, 2.24) is 0 Å². The van der Waals surface area contributed by atoms with Crippen molar-refractivity contribution in [2.45, 2.75) is 13.8 Å². The molecule has 25 heavy (non-hydrogen) atoms. The molecule has 1 rings (SSSR count). The summed E-state index contributed by atoms with van der Waals surface area (Å²) in [6.45, 7) is 3.57. The van der Waals surface area contributed by atoms with E-state index in [-0.39, 0.29) is 24.6 Å². The lowest BCUT2D eigenvalue weighted by molar-refractivity contribution is -0.138. The Morgan fingerprint density at radius 2 is 1.80 bits per heavy atom.